The number of benzene rings is 3. The zero-order chi connectivity index (χ0) is 26.9. The predicted octanol–water partition coefficient (Wildman–Crippen LogP) is 5.47. The van der Waals surface area contributed by atoms with Gasteiger partial charge in [0.25, 0.3) is 5.91 Å². The standard InChI is InChI=1S/C27H24Cl2N4O4S/c1-38(35,36)33(23-4-2-3-20(15-23)27(34)30-25-13-14-37-31-25)24-16-32(17-24)26(18-5-9-21(28)10-6-18)19-7-11-22(29)12-8-19/h2-15,24,26H,16-17H2,1H3,(H,30,31,34). The Balaban J connectivity index is 1.40. The molecule has 8 nitrogen and oxygen atoms in total. The van der Waals surface area contributed by atoms with E-state index in [4.69, 9.17) is 27.7 Å². The third-order valence-corrected chi connectivity index (χ3v) is 8.09. The van der Waals surface area contributed by atoms with E-state index >= 15 is 0 Å². The van der Waals surface area contributed by atoms with E-state index in [-0.39, 0.29) is 17.9 Å². The van der Waals surface area contributed by atoms with Crippen LogP contribution < -0.4 is 9.62 Å². The molecular weight excluding hydrogens is 547 g/mol. The number of hydrogen-bond acceptors (Lipinski definition) is 6. The molecule has 1 fully saturated rings. The highest BCUT2D eigenvalue weighted by Gasteiger charge is 2.40. The largest absolute Gasteiger partial charge is 0.363 e. The number of rotatable bonds is 8. The van der Waals surface area contributed by atoms with Crippen molar-refractivity contribution in [3.8, 4) is 0 Å². The summed E-state index contributed by atoms with van der Waals surface area (Å²) in [7, 11) is -3.65. The Morgan fingerprint density at radius 3 is 2.13 bits per heavy atom. The molecule has 5 rings (SSSR count). The number of carbonyl (C=O) groups is 1. The molecule has 2 heterocycles. The quantitative estimate of drug-likeness (QED) is 0.301. The summed E-state index contributed by atoms with van der Waals surface area (Å²) in [6.07, 6.45) is 2.52. The first kappa shape index (κ1) is 26.2. The van der Waals surface area contributed by atoms with E-state index in [0.29, 0.717) is 34.4 Å². The predicted molar refractivity (Wildman–Crippen MR) is 148 cm³/mol. The van der Waals surface area contributed by atoms with Gasteiger partial charge in [-0.15, -0.1) is 0 Å². The molecule has 1 N–H and O–H groups in total. The number of likely N-dealkylation sites (tertiary alicyclic amines) is 1. The molecule has 38 heavy (non-hydrogen) atoms. The molecule has 1 saturated heterocycles. The van der Waals surface area contributed by atoms with E-state index in [1.54, 1.807) is 24.3 Å². The van der Waals surface area contributed by atoms with E-state index in [1.165, 1.54) is 22.9 Å². The summed E-state index contributed by atoms with van der Waals surface area (Å²) in [4.78, 5) is 14.9. The summed E-state index contributed by atoms with van der Waals surface area (Å²) < 4.78 is 32.0. The van der Waals surface area contributed by atoms with Crippen LogP contribution in [0.2, 0.25) is 10.0 Å². The zero-order valence-corrected chi connectivity index (χ0v) is 22.6. The van der Waals surface area contributed by atoms with E-state index < -0.39 is 15.9 Å². The summed E-state index contributed by atoms with van der Waals surface area (Å²) in [6.45, 7) is 0.969. The van der Waals surface area contributed by atoms with E-state index in [9.17, 15) is 13.2 Å². The monoisotopic (exact) mass is 570 g/mol. The van der Waals surface area contributed by atoms with Gasteiger partial charge in [-0.3, -0.25) is 14.0 Å². The van der Waals surface area contributed by atoms with Gasteiger partial charge < -0.3 is 9.84 Å². The lowest BCUT2D eigenvalue weighted by Crippen LogP contribution is -2.61. The number of carbonyl (C=O) groups excluding carboxylic acids is 1. The zero-order valence-electron chi connectivity index (χ0n) is 20.3. The van der Waals surface area contributed by atoms with Gasteiger partial charge in [0.2, 0.25) is 10.0 Å². The molecule has 196 valence electrons. The molecular formula is C27H24Cl2N4O4S. The molecule has 4 aromatic rings. The Bertz CT molecular complexity index is 1480. The van der Waals surface area contributed by atoms with Crippen molar-refractivity contribution in [1.29, 1.82) is 0 Å². The van der Waals surface area contributed by atoms with Crippen molar-refractivity contribution >= 4 is 50.6 Å². The number of anilines is 2. The fourth-order valence-corrected chi connectivity index (χ4v) is 6.10. The molecule has 1 amide bonds. The Kier molecular flexibility index (Phi) is 7.45. The Labute approximate surface area is 230 Å². The maximum atomic E-state index is 13.0. The van der Waals surface area contributed by atoms with E-state index in [2.05, 4.69) is 15.4 Å². The van der Waals surface area contributed by atoms with Crippen molar-refractivity contribution in [2.45, 2.75) is 12.1 Å². The fraction of sp³-hybridized carbons (Fsp3) is 0.185. The van der Waals surface area contributed by atoms with Crippen molar-refractivity contribution in [2.24, 2.45) is 0 Å². The average molecular weight is 571 g/mol. The van der Waals surface area contributed by atoms with Crippen molar-refractivity contribution in [2.75, 3.05) is 29.0 Å². The number of amides is 1. The first-order valence-corrected chi connectivity index (χ1v) is 14.4. The van der Waals surface area contributed by atoms with Crippen LogP contribution in [0.15, 0.2) is 89.6 Å². The number of nitrogens with zero attached hydrogens (tertiary/aromatic N) is 3. The summed E-state index contributed by atoms with van der Waals surface area (Å²) in [6, 6.07) is 22.9. The SMILES string of the molecule is CS(=O)(=O)N(c1cccc(C(=O)Nc2ccon2)c1)C1CN(C(c2ccc(Cl)cc2)c2ccc(Cl)cc2)C1. The Hall–Kier alpha value is -3.37. The number of halogens is 2. The van der Waals surface area contributed by atoms with Crippen LogP contribution >= 0.6 is 23.2 Å². The molecule has 3 aromatic carbocycles. The lowest BCUT2D eigenvalue weighted by molar-refractivity contribution is 0.102. The van der Waals surface area contributed by atoms with Crippen molar-refractivity contribution in [3.05, 3.63) is 112 Å². The van der Waals surface area contributed by atoms with Crippen LogP contribution in [-0.2, 0) is 10.0 Å². The van der Waals surface area contributed by atoms with Crippen LogP contribution in [-0.4, -0.2) is 49.8 Å². The highest BCUT2D eigenvalue weighted by atomic mass is 35.5. The van der Waals surface area contributed by atoms with Crippen LogP contribution in [0.1, 0.15) is 27.5 Å². The summed E-state index contributed by atoms with van der Waals surface area (Å²) in [5.74, 6) is -0.152. The van der Waals surface area contributed by atoms with Gasteiger partial charge in [0.15, 0.2) is 5.82 Å². The highest BCUT2D eigenvalue weighted by Crippen LogP contribution is 2.36. The minimum atomic E-state index is -3.65. The Morgan fingerprint density at radius 1 is 1.00 bits per heavy atom. The Morgan fingerprint density at radius 2 is 1.61 bits per heavy atom. The molecule has 1 aliphatic heterocycles. The van der Waals surface area contributed by atoms with Gasteiger partial charge >= 0.3 is 0 Å². The van der Waals surface area contributed by atoms with Crippen LogP contribution in [0, 0.1) is 0 Å². The molecule has 0 aliphatic carbocycles. The van der Waals surface area contributed by atoms with Crippen LogP contribution in [0.4, 0.5) is 11.5 Å². The van der Waals surface area contributed by atoms with Crippen LogP contribution in [0.25, 0.3) is 0 Å². The normalized spacial score (nSPS) is 14.3. The van der Waals surface area contributed by atoms with Crippen molar-refractivity contribution < 1.29 is 17.7 Å². The molecule has 0 unspecified atom stereocenters. The maximum Gasteiger partial charge on any atom is 0.256 e. The first-order valence-electron chi connectivity index (χ1n) is 11.8. The topological polar surface area (TPSA) is 95.8 Å². The van der Waals surface area contributed by atoms with E-state index in [1.807, 2.05) is 48.5 Å². The lowest BCUT2D eigenvalue weighted by Gasteiger charge is -2.48. The second-order valence-electron chi connectivity index (χ2n) is 9.06. The minimum absolute atomic E-state index is 0.109. The van der Waals surface area contributed by atoms with Gasteiger partial charge in [-0.2, -0.15) is 0 Å². The second kappa shape index (κ2) is 10.8. The van der Waals surface area contributed by atoms with Crippen LogP contribution in [0.3, 0.4) is 0 Å². The fourth-order valence-electron chi connectivity index (χ4n) is 4.67. The van der Waals surface area contributed by atoms with Crippen molar-refractivity contribution in [3.63, 3.8) is 0 Å². The average Bonchev–Trinajstić information content (AvgIpc) is 3.37. The number of hydrogen-bond donors (Lipinski definition) is 1. The summed E-state index contributed by atoms with van der Waals surface area (Å²) in [5.41, 5.74) is 2.79. The molecule has 11 heteroatoms. The molecule has 1 aromatic heterocycles. The molecule has 0 saturated carbocycles. The lowest BCUT2D eigenvalue weighted by atomic mass is 9.93. The van der Waals surface area contributed by atoms with Crippen LogP contribution in [0.5, 0.6) is 0 Å². The van der Waals surface area contributed by atoms with Gasteiger partial charge in [0.1, 0.15) is 6.26 Å². The summed E-state index contributed by atoms with van der Waals surface area (Å²) in [5, 5.41) is 7.59. The van der Waals surface area contributed by atoms with E-state index in [0.717, 1.165) is 11.1 Å². The summed E-state index contributed by atoms with van der Waals surface area (Å²) >= 11 is 12.3. The minimum Gasteiger partial charge on any atom is -0.363 e. The van der Waals surface area contributed by atoms with Gasteiger partial charge in [-0.1, -0.05) is 58.7 Å². The maximum absolute atomic E-state index is 13.0. The molecule has 0 atom stereocenters. The number of nitrogens with one attached hydrogen (secondary N) is 1. The van der Waals surface area contributed by atoms with Gasteiger partial charge in [-0.05, 0) is 53.6 Å². The highest BCUT2D eigenvalue weighted by molar-refractivity contribution is 7.92. The van der Waals surface area contributed by atoms with Crippen molar-refractivity contribution in [1.82, 2.24) is 10.1 Å². The number of sulfonamides is 1. The molecule has 1 aliphatic rings. The molecule has 0 spiro atoms. The second-order valence-corrected chi connectivity index (χ2v) is 11.8. The molecule has 0 radical (unpaired) electrons. The number of aromatic nitrogens is 1. The van der Waals surface area contributed by atoms with Gasteiger partial charge in [0.05, 0.1) is 24.0 Å². The van der Waals surface area contributed by atoms with Gasteiger partial charge in [0, 0.05) is 34.8 Å². The first-order chi connectivity index (χ1) is 18.2. The smallest absolute Gasteiger partial charge is 0.256 e. The molecule has 0 bridgehead atoms. The third kappa shape index (κ3) is 5.71. The third-order valence-electron chi connectivity index (χ3n) is 6.36. The van der Waals surface area contributed by atoms with Gasteiger partial charge in [-0.25, -0.2) is 8.42 Å².